The number of hydrogen-bond donors (Lipinski definition) is 3. The van der Waals surface area contributed by atoms with Crippen LogP contribution in [0.4, 0.5) is 10.5 Å². The number of benzene rings is 1. The van der Waals surface area contributed by atoms with Crippen LogP contribution in [0.25, 0.3) is 0 Å². The highest BCUT2D eigenvalue weighted by Gasteiger charge is 2.50. The second-order valence-corrected chi connectivity index (χ2v) is 4.49. The monoisotopic (exact) mass is 231 g/mol. The fourth-order valence-electron chi connectivity index (χ4n) is 2.63. The van der Waals surface area contributed by atoms with E-state index in [1.807, 2.05) is 25.1 Å². The van der Waals surface area contributed by atoms with Gasteiger partial charge >= 0.3 is 6.03 Å². The van der Waals surface area contributed by atoms with Crippen LogP contribution in [0.15, 0.2) is 18.2 Å². The highest BCUT2D eigenvalue weighted by Crippen LogP contribution is 2.38. The Bertz CT molecular complexity index is 526. The van der Waals surface area contributed by atoms with Gasteiger partial charge in [-0.25, -0.2) is 4.79 Å². The molecular weight excluding hydrogens is 218 g/mol. The zero-order chi connectivity index (χ0) is 12.0. The summed E-state index contributed by atoms with van der Waals surface area (Å²) in [5.41, 5.74) is 2.00. The summed E-state index contributed by atoms with van der Waals surface area (Å²) in [6.07, 6.45) is 0.570. The van der Waals surface area contributed by atoms with Crippen LogP contribution < -0.4 is 16.0 Å². The molecule has 3 N–H and O–H groups in total. The Morgan fingerprint density at radius 3 is 2.82 bits per heavy atom. The fraction of sp³-hybridized carbons (Fsp3) is 0.333. The van der Waals surface area contributed by atoms with Crippen LogP contribution in [0, 0.1) is 6.92 Å². The Morgan fingerprint density at radius 1 is 1.29 bits per heavy atom. The van der Waals surface area contributed by atoms with Crippen molar-refractivity contribution in [1.29, 1.82) is 0 Å². The molecule has 1 fully saturated rings. The molecule has 88 valence electrons. The average molecular weight is 231 g/mol. The van der Waals surface area contributed by atoms with E-state index in [4.69, 9.17) is 0 Å². The molecule has 2 heterocycles. The molecule has 1 saturated heterocycles. The molecule has 17 heavy (non-hydrogen) atoms. The third kappa shape index (κ3) is 1.25. The molecule has 0 radical (unpaired) electrons. The van der Waals surface area contributed by atoms with E-state index in [0.29, 0.717) is 13.0 Å². The van der Waals surface area contributed by atoms with E-state index in [9.17, 15) is 9.59 Å². The van der Waals surface area contributed by atoms with Gasteiger partial charge in [-0.05, 0) is 12.5 Å². The topological polar surface area (TPSA) is 70.2 Å². The smallest absolute Gasteiger partial charge is 0.322 e. The summed E-state index contributed by atoms with van der Waals surface area (Å²) < 4.78 is 0. The van der Waals surface area contributed by atoms with Crippen molar-refractivity contribution in [1.82, 2.24) is 10.6 Å². The van der Waals surface area contributed by atoms with Crippen molar-refractivity contribution in [2.24, 2.45) is 0 Å². The lowest BCUT2D eigenvalue weighted by atomic mass is 9.82. The summed E-state index contributed by atoms with van der Waals surface area (Å²) in [4.78, 5) is 23.4. The molecule has 3 rings (SSSR count). The summed E-state index contributed by atoms with van der Waals surface area (Å²) >= 11 is 0. The van der Waals surface area contributed by atoms with E-state index < -0.39 is 11.6 Å². The first kappa shape index (κ1) is 10.1. The lowest BCUT2D eigenvalue weighted by molar-refractivity contribution is -0.124. The van der Waals surface area contributed by atoms with E-state index in [0.717, 1.165) is 16.8 Å². The molecule has 1 aromatic carbocycles. The predicted molar refractivity (Wildman–Crippen MR) is 62.6 cm³/mol. The van der Waals surface area contributed by atoms with Crippen LogP contribution >= 0.6 is 0 Å². The molecule has 3 amide bonds. The van der Waals surface area contributed by atoms with Gasteiger partial charge in [-0.2, -0.15) is 0 Å². The first-order chi connectivity index (χ1) is 8.13. The maximum atomic E-state index is 12.0. The molecule has 5 heteroatoms. The number of nitrogens with one attached hydrogen (secondary N) is 3. The number of fused-ring (bicyclic) bond motifs is 2. The highest BCUT2D eigenvalue weighted by molar-refractivity contribution is 6.08. The number of carbonyl (C=O) groups excluding carboxylic acids is 2. The number of anilines is 1. The van der Waals surface area contributed by atoms with Gasteiger partial charge in [0.2, 0.25) is 0 Å². The molecule has 0 aromatic heterocycles. The van der Waals surface area contributed by atoms with Crippen LogP contribution in [-0.2, 0) is 10.3 Å². The van der Waals surface area contributed by atoms with E-state index >= 15 is 0 Å². The van der Waals surface area contributed by atoms with Crippen molar-refractivity contribution in [3.8, 4) is 0 Å². The molecule has 1 atom stereocenters. The molecule has 2 aliphatic heterocycles. The second-order valence-electron chi connectivity index (χ2n) is 4.49. The third-order valence-electron chi connectivity index (χ3n) is 3.48. The predicted octanol–water partition coefficient (Wildman–Crippen LogP) is 0.845. The van der Waals surface area contributed by atoms with Crippen LogP contribution in [0.2, 0.25) is 0 Å². The number of imide groups is 1. The van der Waals surface area contributed by atoms with E-state index in [1.165, 1.54) is 0 Å². The summed E-state index contributed by atoms with van der Waals surface area (Å²) in [5, 5.41) is 8.37. The first-order valence-electron chi connectivity index (χ1n) is 5.61. The Morgan fingerprint density at radius 2 is 2.12 bits per heavy atom. The van der Waals surface area contributed by atoms with Crippen LogP contribution in [0.5, 0.6) is 0 Å². The number of carbonyl (C=O) groups is 2. The average Bonchev–Trinajstić information content (AvgIpc) is 2.56. The third-order valence-corrected chi connectivity index (χ3v) is 3.48. The Hall–Kier alpha value is -2.04. The molecule has 0 saturated carbocycles. The van der Waals surface area contributed by atoms with Gasteiger partial charge in [0.1, 0.15) is 5.54 Å². The zero-order valence-corrected chi connectivity index (χ0v) is 9.46. The van der Waals surface area contributed by atoms with Crippen molar-refractivity contribution in [2.75, 3.05) is 11.9 Å². The van der Waals surface area contributed by atoms with Crippen LogP contribution in [0.3, 0.4) is 0 Å². The van der Waals surface area contributed by atoms with Crippen molar-refractivity contribution >= 4 is 17.6 Å². The lowest BCUT2D eigenvalue weighted by Gasteiger charge is -2.34. The van der Waals surface area contributed by atoms with E-state index in [-0.39, 0.29) is 5.91 Å². The largest absolute Gasteiger partial charge is 0.384 e. The van der Waals surface area contributed by atoms with Gasteiger partial charge in [-0.1, -0.05) is 18.2 Å². The number of rotatable bonds is 0. The molecule has 0 aliphatic carbocycles. The molecular formula is C12H13N3O2. The Labute approximate surface area is 98.6 Å². The molecule has 1 spiro atoms. The number of urea groups is 1. The number of para-hydroxylation sites is 1. The van der Waals surface area contributed by atoms with Gasteiger partial charge in [0.15, 0.2) is 0 Å². The summed E-state index contributed by atoms with van der Waals surface area (Å²) in [5.74, 6) is -0.254. The summed E-state index contributed by atoms with van der Waals surface area (Å²) in [6.45, 7) is 2.66. The zero-order valence-electron chi connectivity index (χ0n) is 9.46. The maximum Gasteiger partial charge on any atom is 0.322 e. The summed E-state index contributed by atoms with van der Waals surface area (Å²) in [7, 11) is 0. The van der Waals surface area contributed by atoms with Crippen molar-refractivity contribution in [3.63, 3.8) is 0 Å². The maximum absolute atomic E-state index is 12.0. The second kappa shape index (κ2) is 3.23. The van der Waals surface area contributed by atoms with E-state index in [2.05, 4.69) is 16.0 Å². The van der Waals surface area contributed by atoms with Gasteiger partial charge in [0.25, 0.3) is 5.91 Å². The lowest BCUT2D eigenvalue weighted by Crippen LogP contribution is -2.48. The number of amides is 3. The van der Waals surface area contributed by atoms with Gasteiger partial charge in [-0.15, -0.1) is 0 Å². The minimum atomic E-state index is -0.885. The van der Waals surface area contributed by atoms with Crippen LogP contribution in [-0.4, -0.2) is 18.5 Å². The molecule has 1 aromatic rings. The first-order valence-corrected chi connectivity index (χ1v) is 5.61. The van der Waals surface area contributed by atoms with E-state index in [1.54, 1.807) is 0 Å². The van der Waals surface area contributed by atoms with Crippen molar-refractivity contribution < 1.29 is 9.59 Å². The van der Waals surface area contributed by atoms with Gasteiger partial charge < -0.3 is 10.6 Å². The van der Waals surface area contributed by atoms with Gasteiger partial charge in [0, 0.05) is 24.2 Å². The highest BCUT2D eigenvalue weighted by atomic mass is 16.2. The van der Waals surface area contributed by atoms with Gasteiger partial charge in [0.05, 0.1) is 0 Å². The van der Waals surface area contributed by atoms with Crippen molar-refractivity contribution in [3.05, 3.63) is 29.3 Å². The number of hydrogen-bond acceptors (Lipinski definition) is 3. The van der Waals surface area contributed by atoms with Crippen molar-refractivity contribution in [2.45, 2.75) is 18.9 Å². The minimum Gasteiger partial charge on any atom is -0.384 e. The standard InChI is InChI=1S/C12H13N3O2/c1-7-3-2-4-8-9(7)13-6-5-12(8)10(16)14-11(17)15-12/h2-4,13H,5-6H2,1H3,(H2,14,15,16,17). The Balaban J connectivity index is 2.20. The molecule has 5 nitrogen and oxygen atoms in total. The molecule has 2 aliphatic rings. The fourth-order valence-corrected chi connectivity index (χ4v) is 2.63. The number of aryl methyl sites for hydroxylation is 1. The SMILES string of the molecule is Cc1cccc2c1NCCC21NC(=O)NC1=O. The normalized spacial score (nSPS) is 26.2. The van der Waals surface area contributed by atoms with Gasteiger partial charge in [-0.3, -0.25) is 10.1 Å². The Kier molecular flexibility index (Phi) is 1.92. The molecule has 0 bridgehead atoms. The molecule has 1 unspecified atom stereocenters. The van der Waals surface area contributed by atoms with Crippen LogP contribution in [0.1, 0.15) is 17.5 Å². The summed E-state index contributed by atoms with van der Waals surface area (Å²) in [6, 6.07) is 5.37. The minimum absolute atomic E-state index is 0.254. The quantitative estimate of drug-likeness (QED) is 0.580.